The number of hydrogen-bond donors (Lipinski definition) is 1. The number of hydrogen-bond acceptors (Lipinski definition) is 6. The van der Waals surface area contributed by atoms with Crippen LogP contribution in [0.4, 0.5) is 0 Å². The molecule has 9 heteroatoms. The van der Waals surface area contributed by atoms with E-state index in [0.717, 1.165) is 11.8 Å². The van der Waals surface area contributed by atoms with Gasteiger partial charge in [0.25, 0.3) is 10.0 Å². The molecule has 0 amide bonds. The Hall–Kier alpha value is -1.87. The molecule has 1 aliphatic heterocycles. The van der Waals surface area contributed by atoms with E-state index in [0.29, 0.717) is 0 Å². The van der Waals surface area contributed by atoms with E-state index in [1.54, 1.807) is 0 Å². The highest BCUT2D eigenvalue weighted by molar-refractivity contribution is 7.89. The SMILES string of the molecule is COC(=O)c1coc(S(=O)(=O)N2C[C@@H](N)[C@H](c3ccccc3)C2)c1.Cl. The van der Waals surface area contributed by atoms with Gasteiger partial charge >= 0.3 is 5.97 Å². The molecule has 0 unspecified atom stereocenters. The van der Waals surface area contributed by atoms with E-state index in [9.17, 15) is 13.2 Å². The number of methoxy groups -OCH3 is 1. The van der Waals surface area contributed by atoms with Gasteiger partial charge in [-0.3, -0.25) is 0 Å². The molecule has 25 heavy (non-hydrogen) atoms. The van der Waals surface area contributed by atoms with Crippen LogP contribution in [-0.4, -0.2) is 44.9 Å². The Morgan fingerprint density at radius 2 is 1.96 bits per heavy atom. The molecule has 2 atom stereocenters. The maximum Gasteiger partial charge on any atom is 0.341 e. The van der Waals surface area contributed by atoms with Crippen LogP contribution in [0.3, 0.4) is 0 Å². The van der Waals surface area contributed by atoms with Crippen molar-refractivity contribution in [2.24, 2.45) is 5.73 Å². The number of esters is 1. The van der Waals surface area contributed by atoms with E-state index in [4.69, 9.17) is 10.2 Å². The quantitative estimate of drug-likeness (QED) is 0.800. The van der Waals surface area contributed by atoms with Crippen LogP contribution in [0.5, 0.6) is 0 Å². The van der Waals surface area contributed by atoms with Crippen LogP contribution in [0.1, 0.15) is 21.8 Å². The second kappa shape index (κ2) is 7.57. The van der Waals surface area contributed by atoms with E-state index < -0.39 is 16.0 Å². The van der Waals surface area contributed by atoms with Crippen molar-refractivity contribution in [3.05, 3.63) is 53.8 Å². The van der Waals surface area contributed by atoms with E-state index in [-0.39, 0.29) is 48.1 Å². The number of furan rings is 1. The first kappa shape index (κ1) is 19.5. The van der Waals surface area contributed by atoms with Crippen molar-refractivity contribution >= 4 is 28.4 Å². The summed E-state index contributed by atoms with van der Waals surface area (Å²) < 4.78 is 36.3. The predicted octanol–water partition coefficient (Wildman–Crippen LogP) is 1.60. The van der Waals surface area contributed by atoms with Gasteiger partial charge in [-0.1, -0.05) is 30.3 Å². The van der Waals surface area contributed by atoms with Gasteiger partial charge < -0.3 is 14.9 Å². The minimum absolute atomic E-state index is 0. The van der Waals surface area contributed by atoms with Crippen molar-refractivity contribution in [3.8, 4) is 0 Å². The van der Waals surface area contributed by atoms with E-state index in [2.05, 4.69) is 4.74 Å². The van der Waals surface area contributed by atoms with Gasteiger partial charge in [0.15, 0.2) is 0 Å². The topological polar surface area (TPSA) is 103 Å². The lowest BCUT2D eigenvalue weighted by Crippen LogP contribution is -2.32. The molecule has 2 heterocycles. The van der Waals surface area contributed by atoms with Crippen LogP contribution in [0.25, 0.3) is 0 Å². The summed E-state index contributed by atoms with van der Waals surface area (Å²) >= 11 is 0. The third kappa shape index (κ3) is 3.72. The molecular weight excluding hydrogens is 368 g/mol. The molecule has 0 aliphatic carbocycles. The number of carbonyl (C=O) groups excluding carboxylic acids is 1. The average molecular weight is 387 g/mol. The monoisotopic (exact) mass is 386 g/mol. The van der Waals surface area contributed by atoms with E-state index in [1.807, 2.05) is 30.3 Å². The molecule has 0 radical (unpaired) electrons. The minimum Gasteiger partial charge on any atom is -0.465 e. The van der Waals surface area contributed by atoms with Gasteiger partial charge in [-0.05, 0) is 5.56 Å². The number of nitrogens with zero attached hydrogens (tertiary/aromatic N) is 1. The number of ether oxygens (including phenoxy) is 1. The Labute approximate surface area is 152 Å². The van der Waals surface area contributed by atoms with Gasteiger partial charge in [-0.15, -0.1) is 12.4 Å². The summed E-state index contributed by atoms with van der Waals surface area (Å²) in [6, 6.07) is 10.4. The van der Waals surface area contributed by atoms with Crippen LogP contribution < -0.4 is 5.73 Å². The van der Waals surface area contributed by atoms with Gasteiger partial charge in [-0.25, -0.2) is 13.2 Å². The fourth-order valence-electron chi connectivity index (χ4n) is 2.84. The van der Waals surface area contributed by atoms with Gasteiger partial charge in [0, 0.05) is 31.1 Å². The molecule has 0 saturated carbocycles. The fraction of sp³-hybridized carbons (Fsp3) is 0.312. The molecule has 1 aromatic heterocycles. The van der Waals surface area contributed by atoms with Gasteiger partial charge in [0.2, 0.25) is 5.09 Å². The van der Waals surface area contributed by atoms with Crippen molar-refractivity contribution in [2.75, 3.05) is 20.2 Å². The Morgan fingerprint density at radius 3 is 2.60 bits per heavy atom. The molecule has 1 saturated heterocycles. The van der Waals surface area contributed by atoms with Crippen LogP contribution in [0.2, 0.25) is 0 Å². The molecule has 1 aromatic carbocycles. The zero-order valence-electron chi connectivity index (χ0n) is 13.5. The first-order valence-corrected chi connectivity index (χ1v) is 8.85. The number of benzene rings is 1. The summed E-state index contributed by atoms with van der Waals surface area (Å²) in [5, 5.41) is -0.288. The molecule has 3 rings (SSSR count). The molecule has 7 nitrogen and oxygen atoms in total. The Kier molecular flexibility index (Phi) is 5.89. The lowest BCUT2D eigenvalue weighted by Gasteiger charge is -2.15. The molecule has 0 bridgehead atoms. The highest BCUT2D eigenvalue weighted by Gasteiger charge is 2.39. The van der Waals surface area contributed by atoms with E-state index in [1.165, 1.54) is 17.5 Å². The normalized spacial score (nSPS) is 20.9. The predicted molar refractivity (Wildman–Crippen MR) is 93.2 cm³/mol. The van der Waals surface area contributed by atoms with Crippen molar-refractivity contribution in [3.63, 3.8) is 0 Å². The maximum absolute atomic E-state index is 12.7. The second-order valence-corrected chi connectivity index (χ2v) is 7.52. The minimum atomic E-state index is -3.85. The Balaban J connectivity index is 0.00000225. The molecule has 2 N–H and O–H groups in total. The number of carbonyl (C=O) groups is 1. The van der Waals surface area contributed by atoms with E-state index >= 15 is 0 Å². The highest BCUT2D eigenvalue weighted by atomic mass is 35.5. The van der Waals surface area contributed by atoms with Crippen molar-refractivity contribution in [2.45, 2.75) is 17.1 Å². The van der Waals surface area contributed by atoms with Crippen LogP contribution in [-0.2, 0) is 14.8 Å². The molecule has 2 aromatic rings. The maximum atomic E-state index is 12.7. The average Bonchev–Trinajstić information content (AvgIpc) is 3.22. The number of halogens is 1. The Bertz CT molecular complexity index is 837. The molecule has 0 spiro atoms. The van der Waals surface area contributed by atoms with Crippen LogP contribution in [0.15, 0.2) is 52.2 Å². The standard InChI is InChI=1S/C16H18N2O5S.ClH/c1-22-16(19)12-7-15(23-10-12)24(20,21)18-8-13(14(17)9-18)11-5-3-2-4-6-11;/h2-7,10,13-14H,8-9,17H2,1H3;1H/t13-,14+;/m0./s1. The number of rotatable bonds is 4. The molecular formula is C16H19ClN2O5S. The number of nitrogens with two attached hydrogens (primary N) is 1. The summed E-state index contributed by atoms with van der Waals surface area (Å²) in [5.41, 5.74) is 7.19. The van der Waals surface area contributed by atoms with Crippen molar-refractivity contribution < 1.29 is 22.4 Å². The lowest BCUT2D eigenvalue weighted by atomic mass is 9.95. The van der Waals surface area contributed by atoms with Crippen molar-refractivity contribution in [1.29, 1.82) is 0 Å². The molecule has 1 fully saturated rings. The fourth-order valence-corrected chi connectivity index (χ4v) is 4.27. The molecule has 1 aliphatic rings. The third-order valence-corrected chi connectivity index (χ3v) is 5.85. The number of sulfonamides is 1. The summed E-state index contributed by atoms with van der Waals surface area (Å²) in [5.74, 6) is -0.739. The zero-order chi connectivity index (χ0) is 17.3. The summed E-state index contributed by atoms with van der Waals surface area (Å²) in [6.45, 7) is 0.456. The summed E-state index contributed by atoms with van der Waals surface area (Å²) in [4.78, 5) is 11.5. The first-order chi connectivity index (χ1) is 11.4. The largest absolute Gasteiger partial charge is 0.465 e. The van der Waals surface area contributed by atoms with Gasteiger partial charge in [0.05, 0.1) is 12.7 Å². The summed E-state index contributed by atoms with van der Waals surface area (Å²) in [6.07, 6.45) is 1.07. The lowest BCUT2D eigenvalue weighted by molar-refractivity contribution is 0.0600. The van der Waals surface area contributed by atoms with Crippen LogP contribution >= 0.6 is 12.4 Å². The second-order valence-electron chi connectivity index (χ2n) is 5.65. The zero-order valence-corrected chi connectivity index (χ0v) is 15.1. The van der Waals surface area contributed by atoms with Crippen molar-refractivity contribution in [1.82, 2.24) is 4.31 Å². The van der Waals surface area contributed by atoms with Gasteiger partial charge in [0.1, 0.15) is 6.26 Å². The van der Waals surface area contributed by atoms with Gasteiger partial charge in [-0.2, -0.15) is 4.31 Å². The summed E-state index contributed by atoms with van der Waals surface area (Å²) in [7, 11) is -2.64. The highest BCUT2D eigenvalue weighted by Crippen LogP contribution is 2.31. The Morgan fingerprint density at radius 1 is 1.28 bits per heavy atom. The molecule has 136 valence electrons. The first-order valence-electron chi connectivity index (χ1n) is 7.41. The van der Waals surface area contributed by atoms with Crippen LogP contribution in [0, 0.1) is 0 Å². The smallest absolute Gasteiger partial charge is 0.341 e. The third-order valence-electron chi connectivity index (χ3n) is 4.15.